The van der Waals surface area contributed by atoms with Gasteiger partial charge in [0.2, 0.25) is 0 Å². The highest BCUT2D eigenvalue weighted by Crippen LogP contribution is 2.39. The Balaban J connectivity index is 2.41. The molecule has 2 N–H and O–H groups in total. The number of nitrogens with two attached hydrogens (primary N) is 1. The zero-order valence-corrected chi connectivity index (χ0v) is 10.4. The molecule has 0 bridgehead atoms. The Morgan fingerprint density at radius 2 is 1.67 bits per heavy atom. The summed E-state index contributed by atoms with van der Waals surface area (Å²) in [6.45, 7) is 3.02. The van der Waals surface area contributed by atoms with Crippen molar-refractivity contribution in [3.05, 3.63) is 44.8 Å². The largest absolute Gasteiger partial charge is 0.330 e. The summed E-state index contributed by atoms with van der Waals surface area (Å²) < 4.78 is 0. The highest BCUT2D eigenvalue weighted by Gasteiger charge is 2.29. The van der Waals surface area contributed by atoms with Gasteiger partial charge in [0.05, 0.1) is 0 Å². The minimum Gasteiger partial charge on any atom is -0.330 e. The van der Waals surface area contributed by atoms with Gasteiger partial charge >= 0.3 is 0 Å². The molecule has 0 aliphatic rings. The third-order valence-corrected chi connectivity index (χ3v) is 5.04. The highest BCUT2D eigenvalue weighted by atomic mass is 32.1. The Morgan fingerprint density at radius 3 is 2.00 bits per heavy atom. The molecule has 0 radical (unpaired) electrons. The minimum atomic E-state index is 0.108. The average molecular weight is 237 g/mol. The summed E-state index contributed by atoms with van der Waals surface area (Å²) in [6.07, 6.45) is 1.01. The lowest BCUT2D eigenvalue weighted by atomic mass is 9.83. The summed E-state index contributed by atoms with van der Waals surface area (Å²) in [4.78, 5) is 2.82. The van der Waals surface area contributed by atoms with Gasteiger partial charge in [-0.2, -0.15) is 0 Å². The van der Waals surface area contributed by atoms with E-state index in [2.05, 4.69) is 41.9 Å². The van der Waals surface area contributed by atoms with Crippen molar-refractivity contribution in [3.8, 4) is 0 Å². The Bertz CT molecular complexity index is 355. The van der Waals surface area contributed by atoms with E-state index in [9.17, 15) is 0 Å². The second-order valence-corrected chi connectivity index (χ2v) is 5.72. The van der Waals surface area contributed by atoms with Gasteiger partial charge in [-0.05, 0) is 42.8 Å². The van der Waals surface area contributed by atoms with E-state index < -0.39 is 0 Å². The predicted molar refractivity (Wildman–Crippen MR) is 68.8 cm³/mol. The Kier molecular flexibility index (Phi) is 3.24. The van der Waals surface area contributed by atoms with Gasteiger partial charge in [0.25, 0.3) is 0 Å². The van der Waals surface area contributed by atoms with E-state index in [0.717, 1.165) is 13.0 Å². The van der Waals surface area contributed by atoms with Crippen LogP contribution in [0.2, 0.25) is 0 Å². The number of hydrogen-bond donors (Lipinski definition) is 1. The lowest BCUT2D eigenvalue weighted by molar-refractivity contribution is 0.548. The van der Waals surface area contributed by atoms with Crippen molar-refractivity contribution in [3.63, 3.8) is 0 Å². The van der Waals surface area contributed by atoms with Crippen LogP contribution < -0.4 is 5.73 Å². The van der Waals surface area contributed by atoms with E-state index in [1.165, 1.54) is 9.75 Å². The van der Waals surface area contributed by atoms with Gasteiger partial charge < -0.3 is 5.73 Å². The number of rotatable bonds is 4. The van der Waals surface area contributed by atoms with Crippen molar-refractivity contribution in [2.75, 3.05) is 6.54 Å². The molecule has 2 aromatic heterocycles. The first-order valence-corrected chi connectivity index (χ1v) is 6.81. The quantitative estimate of drug-likeness (QED) is 0.866. The first kappa shape index (κ1) is 10.9. The number of thiophene rings is 2. The lowest BCUT2D eigenvalue weighted by Crippen LogP contribution is -2.24. The molecule has 1 nitrogen and oxygen atoms in total. The van der Waals surface area contributed by atoms with Crippen molar-refractivity contribution in [2.24, 2.45) is 5.73 Å². The van der Waals surface area contributed by atoms with Crippen LogP contribution in [0.15, 0.2) is 35.0 Å². The molecule has 3 heteroatoms. The van der Waals surface area contributed by atoms with E-state index in [4.69, 9.17) is 5.73 Å². The third-order valence-electron chi connectivity index (χ3n) is 2.77. The van der Waals surface area contributed by atoms with Gasteiger partial charge in [-0.3, -0.25) is 0 Å². The smallest absolute Gasteiger partial charge is 0.0374 e. The Labute approximate surface area is 98.6 Å². The SMILES string of the molecule is CC(CCN)(c1cccs1)c1cccs1. The maximum absolute atomic E-state index is 5.74. The van der Waals surface area contributed by atoms with Gasteiger partial charge in [0.1, 0.15) is 0 Å². The molecule has 0 unspecified atom stereocenters. The van der Waals surface area contributed by atoms with Crippen LogP contribution in [-0.2, 0) is 5.41 Å². The minimum absolute atomic E-state index is 0.108. The fraction of sp³-hybridized carbons (Fsp3) is 0.333. The zero-order chi connectivity index (χ0) is 10.7. The van der Waals surface area contributed by atoms with E-state index >= 15 is 0 Å². The third kappa shape index (κ3) is 2.00. The summed E-state index contributed by atoms with van der Waals surface area (Å²) in [5, 5.41) is 4.27. The molecule has 0 spiro atoms. The van der Waals surface area contributed by atoms with Crippen LogP contribution >= 0.6 is 22.7 Å². The van der Waals surface area contributed by atoms with Gasteiger partial charge in [-0.25, -0.2) is 0 Å². The molecule has 0 atom stereocenters. The summed E-state index contributed by atoms with van der Waals surface area (Å²) in [5.41, 5.74) is 5.84. The molecule has 0 aliphatic carbocycles. The first-order chi connectivity index (χ1) is 7.27. The topological polar surface area (TPSA) is 26.0 Å². The van der Waals surface area contributed by atoms with Crippen molar-refractivity contribution in [1.82, 2.24) is 0 Å². The molecule has 0 aliphatic heterocycles. The summed E-state index contributed by atoms with van der Waals surface area (Å²) >= 11 is 3.64. The second-order valence-electron chi connectivity index (χ2n) is 3.83. The standard InChI is InChI=1S/C12H15NS2/c1-12(6-7-13,10-4-2-8-14-10)11-5-3-9-15-11/h2-5,8-9H,6-7,13H2,1H3. The predicted octanol–water partition coefficient (Wildman–Crippen LogP) is 3.46. The van der Waals surface area contributed by atoms with E-state index in [1.807, 2.05) is 22.7 Å². The molecular formula is C12H15NS2. The monoisotopic (exact) mass is 237 g/mol. The molecule has 2 aromatic rings. The van der Waals surface area contributed by atoms with Gasteiger partial charge in [0.15, 0.2) is 0 Å². The van der Waals surface area contributed by atoms with Crippen molar-refractivity contribution in [2.45, 2.75) is 18.8 Å². The maximum Gasteiger partial charge on any atom is 0.0374 e. The zero-order valence-electron chi connectivity index (χ0n) is 8.77. The van der Waals surface area contributed by atoms with E-state index in [-0.39, 0.29) is 5.41 Å². The molecule has 0 aromatic carbocycles. The van der Waals surface area contributed by atoms with Crippen molar-refractivity contribution < 1.29 is 0 Å². The molecular weight excluding hydrogens is 222 g/mol. The van der Waals surface area contributed by atoms with Crippen molar-refractivity contribution in [1.29, 1.82) is 0 Å². The van der Waals surface area contributed by atoms with Gasteiger partial charge in [0, 0.05) is 15.2 Å². The molecule has 0 fully saturated rings. The van der Waals surface area contributed by atoms with Crippen LogP contribution in [0, 0.1) is 0 Å². The average Bonchev–Trinajstić information content (AvgIpc) is 2.92. The van der Waals surface area contributed by atoms with Crippen LogP contribution in [0.1, 0.15) is 23.1 Å². The highest BCUT2D eigenvalue weighted by molar-refractivity contribution is 7.11. The van der Waals surface area contributed by atoms with Gasteiger partial charge in [-0.15, -0.1) is 22.7 Å². The van der Waals surface area contributed by atoms with E-state index in [1.54, 1.807) is 0 Å². The fourth-order valence-corrected chi connectivity index (χ4v) is 3.77. The van der Waals surface area contributed by atoms with Crippen LogP contribution in [0.3, 0.4) is 0 Å². The fourth-order valence-electron chi connectivity index (χ4n) is 1.84. The second kappa shape index (κ2) is 4.47. The molecule has 2 heterocycles. The Hall–Kier alpha value is -0.640. The molecule has 0 saturated heterocycles. The maximum atomic E-state index is 5.74. The molecule has 15 heavy (non-hydrogen) atoms. The summed E-state index contributed by atoms with van der Waals surface area (Å²) in [5.74, 6) is 0. The number of hydrogen-bond acceptors (Lipinski definition) is 3. The lowest BCUT2D eigenvalue weighted by Gasteiger charge is -2.26. The van der Waals surface area contributed by atoms with Crippen LogP contribution in [0.25, 0.3) is 0 Å². The molecule has 0 saturated carbocycles. The van der Waals surface area contributed by atoms with E-state index in [0.29, 0.717) is 0 Å². The Morgan fingerprint density at radius 1 is 1.13 bits per heavy atom. The van der Waals surface area contributed by atoms with Crippen LogP contribution in [-0.4, -0.2) is 6.54 Å². The normalized spacial score (nSPS) is 11.9. The van der Waals surface area contributed by atoms with Crippen LogP contribution in [0.5, 0.6) is 0 Å². The molecule has 0 amide bonds. The summed E-state index contributed by atoms with van der Waals surface area (Å²) in [7, 11) is 0. The van der Waals surface area contributed by atoms with Gasteiger partial charge in [-0.1, -0.05) is 12.1 Å². The molecule has 2 rings (SSSR count). The summed E-state index contributed by atoms with van der Waals surface area (Å²) in [6, 6.07) is 8.64. The first-order valence-electron chi connectivity index (χ1n) is 5.05. The van der Waals surface area contributed by atoms with Crippen molar-refractivity contribution >= 4 is 22.7 Å². The molecule has 80 valence electrons. The van der Waals surface area contributed by atoms with Crippen LogP contribution in [0.4, 0.5) is 0 Å².